The van der Waals surface area contributed by atoms with Crippen molar-refractivity contribution in [2.24, 2.45) is 5.73 Å². The molecule has 2 aromatic rings. The molecule has 1 unspecified atom stereocenters. The number of halogens is 1. The summed E-state index contributed by atoms with van der Waals surface area (Å²) in [5, 5.41) is 0. The minimum absolute atomic E-state index is 0.0353. The molecular weight excluding hydrogens is 334 g/mol. The van der Waals surface area contributed by atoms with Crippen LogP contribution in [0.25, 0.3) is 0 Å². The van der Waals surface area contributed by atoms with Gasteiger partial charge in [-0.2, -0.15) is 0 Å². The molecule has 2 aromatic carbocycles. The second kappa shape index (κ2) is 7.16. The maximum Gasteiger partial charge on any atom is 0.122 e. The van der Waals surface area contributed by atoms with E-state index in [4.69, 9.17) is 10.5 Å². The third kappa shape index (κ3) is 3.78. The van der Waals surface area contributed by atoms with Crippen molar-refractivity contribution in [1.82, 2.24) is 0 Å². The highest BCUT2D eigenvalue weighted by molar-refractivity contribution is 9.10. The zero-order valence-electron chi connectivity index (χ0n) is 11.6. The van der Waals surface area contributed by atoms with Crippen LogP contribution in [0, 0.1) is 0 Å². The van der Waals surface area contributed by atoms with Crippen molar-refractivity contribution in [3.8, 4) is 5.75 Å². The Labute approximate surface area is 132 Å². The van der Waals surface area contributed by atoms with E-state index in [1.165, 1.54) is 10.5 Å². The molecule has 0 radical (unpaired) electrons. The average molecular weight is 352 g/mol. The molecule has 1 atom stereocenters. The van der Waals surface area contributed by atoms with Crippen LogP contribution < -0.4 is 10.5 Å². The summed E-state index contributed by atoms with van der Waals surface area (Å²) in [7, 11) is 1.70. The Morgan fingerprint density at radius 3 is 2.65 bits per heavy atom. The highest BCUT2D eigenvalue weighted by Gasteiger charge is 2.08. The summed E-state index contributed by atoms with van der Waals surface area (Å²) in [6, 6.07) is 14.4. The first-order chi connectivity index (χ1) is 9.61. The summed E-state index contributed by atoms with van der Waals surface area (Å²) in [5.74, 6) is 1.76. The lowest BCUT2D eigenvalue weighted by Gasteiger charge is -2.13. The lowest BCUT2D eigenvalue weighted by atomic mass is 10.1. The molecule has 0 fully saturated rings. The van der Waals surface area contributed by atoms with Gasteiger partial charge < -0.3 is 10.5 Å². The lowest BCUT2D eigenvalue weighted by molar-refractivity contribution is 0.411. The van der Waals surface area contributed by atoms with Gasteiger partial charge in [0.1, 0.15) is 5.75 Å². The van der Waals surface area contributed by atoms with E-state index < -0.39 is 0 Å². The number of nitrogens with two attached hydrogens (primary N) is 1. The predicted molar refractivity (Wildman–Crippen MR) is 89.3 cm³/mol. The molecule has 2 rings (SSSR count). The summed E-state index contributed by atoms with van der Waals surface area (Å²) in [5.41, 5.74) is 8.25. The Morgan fingerprint density at radius 1 is 1.25 bits per heavy atom. The largest absolute Gasteiger partial charge is 0.496 e. The van der Waals surface area contributed by atoms with E-state index >= 15 is 0 Å². The Balaban J connectivity index is 2.19. The molecule has 0 aliphatic carbocycles. The predicted octanol–water partition coefficient (Wildman–Crippen LogP) is 4.77. The van der Waals surface area contributed by atoms with Gasteiger partial charge in [0.15, 0.2) is 0 Å². The van der Waals surface area contributed by atoms with Crippen LogP contribution in [-0.2, 0) is 5.75 Å². The van der Waals surface area contributed by atoms with Crippen LogP contribution in [0.1, 0.15) is 24.1 Å². The Bertz CT molecular complexity index is 586. The van der Waals surface area contributed by atoms with Crippen LogP contribution in [0.5, 0.6) is 5.75 Å². The second-order valence-electron chi connectivity index (χ2n) is 4.58. The van der Waals surface area contributed by atoms with Crippen LogP contribution in [0.2, 0.25) is 0 Å². The van der Waals surface area contributed by atoms with Gasteiger partial charge >= 0.3 is 0 Å². The van der Waals surface area contributed by atoms with E-state index in [-0.39, 0.29) is 6.04 Å². The summed E-state index contributed by atoms with van der Waals surface area (Å²) in [6.07, 6.45) is 0. The molecule has 0 aromatic heterocycles. The molecule has 0 bridgehead atoms. The standard InChI is InChI=1S/C16H18BrNOS/c1-11(18)12-7-8-15(19-2)13(9-12)10-20-16-6-4-3-5-14(16)17/h3-9,11H,10,18H2,1-2H3. The SMILES string of the molecule is COc1ccc(C(C)N)cc1CSc1ccccc1Br. The monoisotopic (exact) mass is 351 g/mol. The molecule has 4 heteroatoms. The molecule has 106 valence electrons. The number of thioether (sulfide) groups is 1. The van der Waals surface area contributed by atoms with Gasteiger partial charge in [-0.3, -0.25) is 0 Å². The van der Waals surface area contributed by atoms with Crippen molar-refractivity contribution < 1.29 is 4.74 Å². The second-order valence-corrected chi connectivity index (χ2v) is 6.45. The number of rotatable bonds is 5. The molecule has 0 amide bonds. The molecule has 0 saturated carbocycles. The van der Waals surface area contributed by atoms with Gasteiger partial charge in [-0.15, -0.1) is 11.8 Å². The lowest BCUT2D eigenvalue weighted by Crippen LogP contribution is -2.05. The molecule has 20 heavy (non-hydrogen) atoms. The minimum Gasteiger partial charge on any atom is -0.496 e. The summed E-state index contributed by atoms with van der Waals surface area (Å²) >= 11 is 5.35. The summed E-state index contributed by atoms with van der Waals surface area (Å²) < 4.78 is 6.55. The Hall–Kier alpha value is -0.970. The van der Waals surface area contributed by atoms with Crippen LogP contribution in [0.15, 0.2) is 51.8 Å². The van der Waals surface area contributed by atoms with Crippen LogP contribution >= 0.6 is 27.7 Å². The zero-order valence-corrected chi connectivity index (χ0v) is 14.0. The molecular formula is C16H18BrNOS. The van der Waals surface area contributed by atoms with E-state index in [1.807, 2.05) is 31.2 Å². The number of benzene rings is 2. The van der Waals surface area contributed by atoms with E-state index in [0.717, 1.165) is 21.5 Å². The molecule has 0 aliphatic rings. The van der Waals surface area contributed by atoms with E-state index in [2.05, 4.69) is 34.1 Å². The number of ether oxygens (including phenoxy) is 1. The molecule has 0 spiro atoms. The molecule has 0 heterocycles. The first kappa shape index (κ1) is 15.4. The van der Waals surface area contributed by atoms with Crippen molar-refractivity contribution in [2.75, 3.05) is 7.11 Å². The van der Waals surface area contributed by atoms with Gasteiger partial charge in [0.05, 0.1) is 7.11 Å². The minimum atomic E-state index is 0.0353. The van der Waals surface area contributed by atoms with Crippen molar-refractivity contribution in [3.05, 3.63) is 58.1 Å². The smallest absolute Gasteiger partial charge is 0.122 e. The fourth-order valence-electron chi connectivity index (χ4n) is 1.91. The third-order valence-electron chi connectivity index (χ3n) is 3.05. The Kier molecular flexibility index (Phi) is 5.52. The number of hydrogen-bond donors (Lipinski definition) is 1. The molecule has 0 aliphatic heterocycles. The maximum atomic E-state index is 5.95. The molecule has 0 saturated heterocycles. The van der Waals surface area contributed by atoms with Gasteiger partial charge in [-0.05, 0) is 52.7 Å². The maximum absolute atomic E-state index is 5.95. The topological polar surface area (TPSA) is 35.2 Å². The zero-order chi connectivity index (χ0) is 14.5. The van der Waals surface area contributed by atoms with Crippen LogP contribution in [0.3, 0.4) is 0 Å². The van der Waals surface area contributed by atoms with Gasteiger partial charge in [0.25, 0.3) is 0 Å². The fourth-order valence-corrected chi connectivity index (χ4v) is 3.46. The average Bonchev–Trinajstić information content (AvgIpc) is 2.46. The summed E-state index contributed by atoms with van der Waals surface area (Å²) in [4.78, 5) is 1.22. The Morgan fingerprint density at radius 2 is 2.00 bits per heavy atom. The van der Waals surface area contributed by atoms with Gasteiger partial charge in [0.2, 0.25) is 0 Å². The van der Waals surface area contributed by atoms with Crippen molar-refractivity contribution in [2.45, 2.75) is 23.6 Å². The van der Waals surface area contributed by atoms with Crippen LogP contribution in [-0.4, -0.2) is 7.11 Å². The van der Waals surface area contributed by atoms with E-state index in [9.17, 15) is 0 Å². The molecule has 2 N–H and O–H groups in total. The quantitative estimate of drug-likeness (QED) is 0.788. The van der Waals surface area contributed by atoms with Gasteiger partial charge in [-0.25, -0.2) is 0 Å². The van der Waals surface area contributed by atoms with Crippen molar-refractivity contribution >= 4 is 27.7 Å². The summed E-state index contributed by atoms with van der Waals surface area (Å²) in [6.45, 7) is 1.99. The van der Waals surface area contributed by atoms with Gasteiger partial charge in [-0.1, -0.05) is 18.2 Å². The first-order valence-electron chi connectivity index (χ1n) is 6.41. The third-order valence-corrected chi connectivity index (χ3v) is 5.13. The molecule has 2 nitrogen and oxygen atoms in total. The first-order valence-corrected chi connectivity index (χ1v) is 8.19. The van der Waals surface area contributed by atoms with Crippen molar-refractivity contribution in [3.63, 3.8) is 0 Å². The van der Waals surface area contributed by atoms with E-state index in [1.54, 1.807) is 18.9 Å². The number of hydrogen-bond acceptors (Lipinski definition) is 3. The van der Waals surface area contributed by atoms with Crippen molar-refractivity contribution in [1.29, 1.82) is 0 Å². The van der Waals surface area contributed by atoms with E-state index in [0.29, 0.717) is 0 Å². The normalized spacial score (nSPS) is 12.2. The van der Waals surface area contributed by atoms with Crippen LogP contribution in [0.4, 0.5) is 0 Å². The van der Waals surface area contributed by atoms with Gasteiger partial charge in [0, 0.05) is 26.7 Å². The fraction of sp³-hybridized carbons (Fsp3) is 0.250. The number of methoxy groups -OCH3 is 1. The highest BCUT2D eigenvalue weighted by atomic mass is 79.9. The highest BCUT2D eigenvalue weighted by Crippen LogP contribution is 2.33.